The fourth-order valence-corrected chi connectivity index (χ4v) is 4.70. The van der Waals surface area contributed by atoms with E-state index in [-0.39, 0.29) is 5.92 Å². The summed E-state index contributed by atoms with van der Waals surface area (Å²) in [5, 5.41) is 9.67. The minimum Gasteiger partial charge on any atom is -0.481 e. The van der Waals surface area contributed by atoms with Crippen LogP contribution in [-0.4, -0.2) is 34.0 Å². The van der Waals surface area contributed by atoms with Gasteiger partial charge in [0.05, 0.1) is 18.2 Å². The van der Waals surface area contributed by atoms with Gasteiger partial charge in [-0.25, -0.2) is 4.98 Å². The number of hydrogen-bond acceptors (Lipinski definition) is 4. The van der Waals surface area contributed by atoms with E-state index in [1.165, 1.54) is 0 Å². The van der Waals surface area contributed by atoms with E-state index < -0.39 is 11.4 Å². The minimum atomic E-state index is -0.645. The van der Waals surface area contributed by atoms with Crippen LogP contribution in [0.4, 0.5) is 0 Å². The number of fused-ring (bicyclic) bond motifs is 1. The maximum atomic E-state index is 11.8. The van der Waals surface area contributed by atoms with Crippen molar-refractivity contribution in [2.24, 2.45) is 11.3 Å². The molecule has 2 atom stereocenters. The van der Waals surface area contributed by atoms with Crippen LogP contribution in [0.25, 0.3) is 11.3 Å². The molecule has 1 saturated carbocycles. The lowest BCUT2D eigenvalue weighted by Crippen LogP contribution is -2.35. The molecule has 5 nitrogen and oxygen atoms in total. The predicted molar refractivity (Wildman–Crippen MR) is 92.3 cm³/mol. The fourth-order valence-electron chi connectivity index (χ4n) is 4.22. The van der Waals surface area contributed by atoms with Crippen LogP contribution in [0.15, 0.2) is 39.4 Å². The van der Waals surface area contributed by atoms with Crippen molar-refractivity contribution in [2.45, 2.75) is 25.8 Å². The standard InChI is InChI=1S/C18H19BrN2O3/c19-14-6-2-1-5-13(14)15-8-20-16(24-15)10-21-9-12-4-3-7-18(12,11-21)17(22)23/h1-2,5-6,8,12H,3-4,7,9-11H2,(H,22,23)/t12-,18+/m0/s1. The Bertz CT molecular complexity index is 775. The average Bonchev–Trinajstić information content (AvgIpc) is 3.22. The van der Waals surface area contributed by atoms with E-state index in [1.807, 2.05) is 24.3 Å². The highest BCUT2D eigenvalue weighted by Crippen LogP contribution is 2.49. The SMILES string of the molecule is O=C(O)[C@@]12CCC[C@H]1CN(Cc1ncc(-c3ccccc3Br)o1)C2. The van der Waals surface area contributed by atoms with Gasteiger partial charge in [0.15, 0.2) is 5.76 Å². The van der Waals surface area contributed by atoms with Gasteiger partial charge in [-0.05, 0) is 24.8 Å². The number of carboxylic acid groups (broad SMARTS) is 1. The second kappa shape index (κ2) is 6.01. The van der Waals surface area contributed by atoms with Crippen molar-refractivity contribution in [1.82, 2.24) is 9.88 Å². The number of hydrogen-bond donors (Lipinski definition) is 1. The summed E-state index contributed by atoms with van der Waals surface area (Å²) in [5.74, 6) is 0.979. The number of aliphatic carboxylic acids is 1. The molecule has 0 spiro atoms. The Labute approximate surface area is 148 Å². The Kier molecular flexibility index (Phi) is 3.96. The molecule has 1 aromatic heterocycles. The number of carboxylic acids is 1. The number of oxazole rings is 1. The lowest BCUT2D eigenvalue weighted by atomic mass is 9.81. The first kappa shape index (κ1) is 15.8. The highest BCUT2D eigenvalue weighted by atomic mass is 79.9. The van der Waals surface area contributed by atoms with Crippen molar-refractivity contribution in [1.29, 1.82) is 0 Å². The Hall–Kier alpha value is -1.66. The van der Waals surface area contributed by atoms with Gasteiger partial charge >= 0.3 is 5.97 Å². The van der Waals surface area contributed by atoms with Gasteiger partial charge in [-0.2, -0.15) is 0 Å². The van der Waals surface area contributed by atoms with Gasteiger partial charge in [-0.3, -0.25) is 9.69 Å². The Morgan fingerprint density at radius 3 is 3.04 bits per heavy atom. The van der Waals surface area contributed by atoms with Crippen LogP contribution >= 0.6 is 15.9 Å². The van der Waals surface area contributed by atoms with Gasteiger partial charge in [-0.15, -0.1) is 0 Å². The quantitative estimate of drug-likeness (QED) is 0.859. The van der Waals surface area contributed by atoms with Crippen molar-refractivity contribution in [3.63, 3.8) is 0 Å². The largest absolute Gasteiger partial charge is 0.481 e. The summed E-state index contributed by atoms with van der Waals surface area (Å²) in [4.78, 5) is 18.3. The van der Waals surface area contributed by atoms with Crippen LogP contribution in [0.5, 0.6) is 0 Å². The van der Waals surface area contributed by atoms with Crippen molar-refractivity contribution < 1.29 is 14.3 Å². The molecule has 1 saturated heterocycles. The maximum absolute atomic E-state index is 11.8. The van der Waals surface area contributed by atoms with Gasteiger partial charge in [0.1, 0.15) is 0 Å². The number of benzene rings is 1. The first-order chi connectivity index (χ1) is 11.6. The Morgan fingerprint density at radius 1 is 1.46 bits per heavy atom. The van der Waals surface area contributed by atoms with Gasteiger partial charge in [0.25, 0.3) is 0 Å². The molecule has 0 bridgehead atoms. The maximum Gasteiger partial charge on any atom is 0.311 e. The lowest BCUT2D eigenvalue weighted by molar-refractivity contribution is -0.149. The van der Waals surface area contributed by atoms with E-state index in [0.29, 0.717) is 19.0 Å². The van der Waals surface area contributed by atoms with Gasteiger partial charge in [-0.1, -0.05) is 40.5 Å². The lowest BCUT2D eigenvalue weighted by Gasteiger charge is -2.23. The summed E-state index contributed by atoms with van der Waals surface area (Å²) in [6.07, 6.45) is 4.56. The second-order valence-electron chi connectivity index (χ2n) is 6.82. The molecule has 126 valence electrons. The third-order valence-corrected chi connectivity index (χ3v) is 6.11. The molecule has 1 N–H and O–H groups in total. The summed E-state index contributed by atoms with van der Waals surface area (Å²) >= 11 is 3.52. The molecule has 6 heteroatoms. The molecule has 0 unspecified atom stereocenters. The Morgan fingerprint density at radius 2 is 2.29 bits per heavy atom. The zero-order valence-corrected chi connectivity index (χ0v) is 14.8. The predicted octanol–water partition coefficient (Wildman–Crippen LogP) is 3.79. The first-order valence-corrected chi connectivity index (χ1v) is 9.03. The number of likely N-dealkylation sites (tertiary alicyclic amines) is 1. The molecule has 2 fully saturated rings. The molecule has 1 aromatic carbocycles. The zero-order valence-electron chi connectivity index (χ0n) is 13.2. The van der Waals surface area contributed by atoms with E-state index in [1.54, 1.807) is 6.20 Å². The molecule has 2 heterocycles. The molecule has 1 aliphatic heterocycles. The summed E-state index contributed by atoms with van der Waals surface area (Å²) in [6, 6.07) is 7.86. The number of carbonyl (C=O) groups is 1. The number of rotatable bonds is 4. The van der Waals surface area contributed by atoms with Crippen molar-refractivity contribution in [3.05, 3.63) is 40.8 Å². The van der Waals surface area contributed by atoms with Crippen LogP contribution in [0.2, 0.25) is 0 Å². The van der Waals surface area contributed by atoms with E-state index >= 15 is 0 Å². The smallest absolute Gasteiger partial charge is 0.311 e. The molecule has 0 radical (unpaired) electrons. The highest BCUT2D eigenvalue weighted by Gasteiger charge is 2.54. The van der Waals surface area contributed by atoms with E-state index in [9.17, 15) is 9.90 Å². The summed E-state index contributed by atoms with van der Waals surface area (Å²) in [5.41, 5.74) is 0.411. The first-order valence-electron chi connectivity index (χ1n) is 8.24. The highest BCUT2D eigenvalue weighted by molar-refractivity contribution is 9.10. The van der Waals surface area contributed by atoms with Crippen molar-refractivity contribution in [2.75, 3.05) is 13.1 Å². The van der Waals surface area contributed by atoms with Crippen molar-refractivity contribution in [3.8, 4) is 11.3 Å². The van der Waals surface area contributed by atoms with Crippen LogP contribution in [0.1, 0.15) is 25.2 Å². The third-order valence-electron chi connectivity index (χ3n) is 5.42. The topological polar surface area (TPSA) is 66.6 Å². The number of aromatic nitrogens is 1. The normalized spacial score (nSPS) is 26.6. The molecule has 4 rings (SSSR count). The third kappa shape index (κ3) is 2.58. The van der Waals surface area contributed by atoms with Crippen LogP contribution in [-0.2, 0) is 11.3 Å². The molecule has 1 aliphatic carbocycles. The summed E-state index contributed by atoms with van der Waals surface area (Å²) in [7, 11) is 0. The molecular weight excluding hydrogens is 372 g/mol. The Balaban J connectivity index is 1.50. The average molecular weight is 391 g/mol. The summed E-state index contributed by atoms with van der Waals surface area (Å²) in [6.45, 7) is 1.98. The molecule has 2 aromatic rings. The van der Waals surface area contributed by atoms with Crippen LogP contribution < -0.4 is 0 Å². The minimum absolute atomic E-state index is 0.257. The van der Waals surface area contributed by atoms with Crippen molar-refractivity contribution >= 4 is 21.9 Å². The van der Waals surface area contributed by atoms with Crippen LogP contribution in [0.3, 0.4) is 0 Å². The monoisotopic (exact) mass is 390 g/mol. The molecule has 2 aliphatic rings. The fraction of sp³-hybridized carbons (Fsp3) is 0.444. The number of nitrogens with zero attached hydrogens (tertiary/aromatic N) is 2. The molecule has 0 amide bonds. The second-order valence-corrected chi connectivity index (χ2v) is 7.67. The van der Waals surface area contributed by atoms with Crippen LogP contribution in [0, 0.1) is 11.3 Å². The van der Waals surface area contributed by atoms with E-state index in [2.05, 4.69) is 25.8 Å². The van der Waals surface area contributed by atoms with E-state index in [0.717, 1.165) is 41.6 Å². The summed E-state index contributed by atoms with van der Waals surface area (Å²) < 4.78 is 6.86. The van der Waals surface area contributed by atoms with Gasteiger partial charge in [0.2, 0.25) is 5.89 Å². The zero-order chi connectivity index (χ0) is 16.7. The van der Waals surface area contributed by atoms with Gasteiger partial charge in [0, 0.05) is 23.1 Å². The number of halogens is 1. The van der Waals surface area contributed by atoms with Gasteiger partial charge < -0.3 is 9.52 Å². The molecule has 24 heavy (non-hydrogen) atoms. The van der Waals surface area contributed by atoms with E-state index in [4.69, 9.17) is 4.42 Å². The molecular formula is C18H19BrN2O3.